The highest BCUT2D eigenvalue weighted by atomic mass is 32.2. The predicted molar refractivity (Wildman–Crippen MR) is 157 cm³/mol. The van der Waals surface area contributed by atoms with Crippen LogP contribution in [0.5, 0.6) is 11.5 Å². The molecular formula is C31H36FN3O6S. The van der Waals surface area contributed by atoms with Crippen molar-refractivity contribution >= 4 is 27.5 Å². The number of hydrogen-bond acceptors (Lipinski definition) is 6. The first-order valence-electron chi connectivity index (χ1n) is 13.8. The number of nitrogens with one attached hydrogen (secondary N) is 1. The number of rotatable bonds is 11. The third-order valence-electron chi connectivity index (χ3n) is 7.27. The highest BCUT2D eigenvalue weighted by Gasteiger charge is 2.33. The monoisotopic (exact) mass is 597 g/mol. The van der Waals surface area contributed by atoms with Crippen molar-refractivity contribution in [3.8, 4) is 11.5 Å². The van der Waals surface area contributed by atoms with E-state index in [1.807, 2.05) is 45.0 Å². The van der Waals surface area contributed by atoms with Crippen molar-refractivity contribution in [3.63, 3.8) is 0 Å². The fraction of sp³-hybridized carbons (Fsp3) is 0.355. The summed E-state index contributed by atoms with van der Waals surface area (Å²) < 4.78 is 54.0. The molecule has 42 heavy (non-hydrogen) atoms. The first-order chi connectivity index (χ1) is 20.0. The number of fused-ring (bicyclic) bond motifs is 1. The molecule has 0 spiro atoms. The van der Waals surface area contributed by atoms with Crippen molar-refractivity contribution in [3.05, 3.63) is 83.7 Å². The zero-order valence-electron chi connectivity index (χ0n) is 24.2. The Hall–Kier alpha value is -4.12. The van der Waals surface area contributed by atoms with E-state index in [0.717, 1.165) is 27.6 Å². The van der Waals surface area contributed by atoms with E-state index in [2.05, 4.69) is 5.32 Å². The lowest BCUT2D eigenvalue weighted by Crippen LogP contribution is -2.52. The third-order valence-corrected chi connectivity index (χ3v) is 9.04. The zero-order valence-corrected chi connectivity index (χ0v) is 25.0. The summed E-state index contributed by atoms with van der Waals surface area (Å²) in [4.78, 5) is 28.5. The molecule has 0 aromatic heterocycles. The smallest absolute Gasteiger partial charge is 0.264 e. The molecule has 11 heteroatoms. The lowest BCUT2D eigenvalue weighted by Gasteiger charge is -2.33. The molecule has 9 nitrogen and oxygen atoms in total. The molecule has 0 unspecified atom stereocenters. The Balaban J connectivity index is 1.72. The summed E-state index contributed by atoms with van der Waals surface area (Å²) in [7, 11) is -4.35. The van der Waals surface area contributed by atoms with Gasteiger partial charge in [0.15, 0.2) is 11.5 Å². The van der Waals surface area contributed by atoms with Crippen LogP contribution < -0.4 is 19.1 Å². The van der Waals surface area contributed by atoms with Crippen LogP contribution in [0.1, 0.15) is 38.3 Å². The number of nitrogens with zero attached hydrogens (tertiary/aromatic N) is 2. The minimum atomic E-state index is -4.35. The number of ether oxygens (including phenoxy) is 2. The predicted octanol–water partition coefficient (Wildman–Crippen LogP) is 4.43. The van der Waals surface area contributed by atoms with Crippen LogP contribution in [-0.4, -0.2) is 57.0 Å². The minimum absolute atomic E-state index is 0.0852. The van der Waals surface area contributed by atoms with Crippen molar-refractivity contribution < 1.29 is 31.9 Å². The van der Waals surface area contributed by atoms with Crippen LogP contribution in [-0.2, 0) is 26.2 Å². The average Bonchev–Trinajstić information content (AvgIpc) is 2.99. The molecule has 0 aliphatic carbocycles. The second kappa shape index (κ2) is 13.2. The van der Waals surface area contributed by atoms with Crippen molar-refractivity contribution in [1.29, 1.82) is 0 Å². The van der Waals surface area contributed by atoms with Gasteiger partial charge in [-0.05, 0) is 74.7 Å². The SMILES string of the molecule is CC[C@H](C)NC(=O)[C@@H](C)N(Cc1ccccc1C)C(=O)CN(c1ccc(F)cc1)S(=O)(=O)c1ccc2c(c1)OCCO2. The number of carbonyl (C=O) groups excluding carboxylic acids is 2. The van der Waals surface area contributed by atoms with Gasteiger partial charge in [-0.25, -0.2) is 12.8 Å². The Morgan fingerprint density at radius 1 is 0.976 bits per heavy atom. The fourth-order valence-electron chi connectivity index (χ4n) is 4.47. The molecule has 0 saturated heterocycles. The molecule has 0 bridgehead atoms. The van der Waals surface area contributed by atoms with E-state index >= 15 is 0 Å². The van der Waals surface area contributed by atoms with Gasteiger partial charge in [-0.1, -0.05) is 31.2 Å². The topological polar surface area (TPSA) is 105 Å². The van der Waals surface area contributed by atoms with Crippen LogP contribution in [0.3, 0.4) is 0 Å². The fourth-order valence-corrected chi connectivity index (χ4v) is 5.90. The van der Waals surface area contributed by atoms with Crippen molar-refractivity contribution in [2.24, 2.45) is 0 Å². The highest BCUT2D eigenvalue weighted by Crippen LogP contribution is 2.34. The Kier molecular flexibility index (Phi) is 9.72. The molecule has 3 aromatic rings. The Morgan fingerprint density at radius 2 is 1.64 bits per heavy atom. The average molecular weight is 598 g/mol. The van der Waals surface area contributed by atoms with Gasteiger partial charge in [-0.2, -0.15) is 0 Å². The van der Waals surface area contributed by atoms with E-state index in [9.17, 15) is 22.4 Å². The van der Waals surface area contributed by atoms with Gasteiger partial charge in [0.05, 0.1) is 10.6 Å². The second-order valence-electron chi connectivity index (χ2n) is 10.2. The number of amides is 2. The molecule has 224 valence electrons. The lowest BCUT2D eigenvalue weighted by atomic mass is 10.1. The first kappa shape index (κ1) is 30.8. The van der Waals surface area contributed by atoms with Gasteiger partial charge in [0, 0.05) is 18.7 Å². The van der Waals surface area contributed by atoms with Gasteiger partial charge in [0.1, 0.15) is 31.6 Å². The maximum atomic E-state index is 14.0. The maximum Gasteiger partial charge on any atom is 0.264 e. The molecule has 3 aromatic carbocycles. The number of anilines is 1. The van der Waals surface area contributed by atoms with Crippen LogP contribution in [0.15, 0.2) is 71.6 Å². The molecule has 2 amide bonds. The van der Waals surface area contributed by atoms with Gasteiger partial charge < -0.3 is 19.7 Å². The van der Waals surface area contributed by atoms with Crippen molar-refractivity contribution in [1.82, 2.24) is 10.2 Å². The van der Waals surface area contributed by atoms with Crippen LogP contribution in [0.4, 0.5) is 10.1 Å². The second-order valence-corrected chi connectivity index (χ2v) is 12.1. The Bertz CT molecular complexity index is 1530. The van der Waals surface area contributed by atoms with Gasteiger partial charge in [0.2, 0.25) is 11.8 Å². The molecule has 1 aliphatic rings. The number of hydrogen-bond donors (Lipinski definition) is 1. The normalized spacial score (nSPS) is 14.0. The standard InChI is InChI=1S/C31H36FN3O6S/c1-5-22(3)33-31(37)23(4)34(19-24-9-7-6-8-21(24)2)30(36)20-35(26-12-10-25(32)11-13-26)42(38,39)27-14-15-28-29(18-27)41-17-16-40-28/h6-15,18,22-23H,5,16-17,19-20H2,1-4H3,(H,33,37)/t22-,23+/m0/s1. The molecule has 0 radical (unpaired) electrons. The quantitative estimate of drug-likeness (QED) is 0.351. The molecule has 1 heterocycles. The number of aryl methyl sites for hydroxylation is 1. The van der Waals surface area contributed by atoms with Crippen molar-refractivity contribution in [2.45, 2.75) is 57.6 Å². The summed E-state index contributed by atoms with van der Waals surface area (Å²) in [5.41, 5.74) is 1.83. The minimum Gasteiger partial charge on any atom is -0.486 e. The number of halogens is 1. The van der Waals surface area contributed by atoms with E-state index in [4.69, 9.17) is 9.47 Å². The van der Waals surface area contributed by atoms with Crippen molar-refractivity contribution in [2.75, 3.05) is 24.1 Å². The summed E-state index contributed by atoms with van der Waals surface area (Å²) in [6.07, 6.45) is 0.705. The number of benzene rings is 3. The molecule has 1 N–H and O–H groups in total. The largest absolute Gasteiger partial charge is 0.486 e. The highest BCUT2D eigenvalue weighted by molar-refractivity contribution is 7.92. The van der Waals surface area contributed by atoms with Crippen LogP contribution in [0.2, 0.25) is 0 Å². The summed E-state index contributed by atoms with van der Waals surface area (Å²) in [5.74, 6) is -0.831. The van der Waals surface area contributed by atoms with Crippen LogP contribution in [0.25, 0.3) is 0 Å². The zero-order chi connectivity index (χ0) is 30.4. The van der Waals surface area contributed by atoms with E-state index in [-0.39, 0.29) is 41.4 Å². The van der Waals surface area contributed by atoms with Gasteiger partial charge >= 0.3 is 0 Å². The first-order valence-corrected chi connectivity index (χ1v) is 15.3. The lowest BCUT2D eigenvalue weighted by molar-refractivity contribution is -0.139. The maximum absolute atomic E-state index is 14.0. The molecular weight excluding hydrogens is 561 g/mol. The molecule has 1 aliphatic heterocycles. The Labute approximate surface area is 246 Å². The summed E-state index contributed by atoms with van der Waals surface area (Å²) in [5, 5.41) is 2.91. The third kappa shape index (κ3) is 7.02. The van der Waals surface area contributed by atoms with Crippen LogP contribution in [0, 0.1) is 12.7 Å². The number of sulfonamides is 1. The van der Waals surface area contributed by atoms with Gasteiger partial charge in [0.25, 0.3) is 10.0 Å². The molecule has 4 rings (SSSR count). The summed E-state index contributed by atoms with van der Waals surface area (Å²) in [6.45, 7) is 7.39. The molecule has 0 fully saturated rings. The summed E-state index contributed by atoms with van der Waals surface area (Å²) >= 11 is 0. The van der Waals surface area contributed by atoms with E-state index in [0.29, 0.717) is 18.8 Å². The summed E-state index contributed by atoms with van der Waals surface area (Å²) in [6, 6.07) is 15.5. The molecule has 0 saturated carbocycles. The van der Waals surface area contributed by atoms with E-state index < -0.39 is 34.3 Å². The van der Waals surface area contributed by atoms with E-state index in [1.54, 1.807) is 6.92 Å². The number of carbonyl (C=O) groups is 2. The Morgan fingerprint density at radius 3 is 2.31 bits per heavy atom. The molecule has 2 atom stereocenters. The van der Waals surface area contributed by atoms with E-state index in [1.165, 1.54) is 35.2 Å². The van der Waals surface area contributed by atoms with Crippen LogP contribution >= 0.6 is 0 Å². The van der Waals surface area contributed by atoms with Gasteiger partial charge in [-0.3, -0.25) is 13.9 Å². The van der Waals surface area contributed by atoms with Gasteiger partial charge in [-0.15, -0.1) is 0 Å².